The fraction of sp³-hybridized carbons (Fsp3) is 0.652. The Morgan fingerprint density at radius 2 is 1.45 bits per heavy atom. The van der Waals surface area contributed by atoms with Gasteiger partial charge in [-0.3, -0.25) is 14.5 Å². The van der Waals surface area contributed by atoms with Crippen molar-refractivity contribution in [2.45, 2.75) is 25.7 Å². The molecule has 1 aromatic rings. The van der Waals surface area contributed by atoms with Crippen molar-refractivity contribution in [1.29, 1.82) is 0 Å². The highest BCUT2D eigenvalue weighted by Gasteiger charge is 2.32. The monoisotopic (exact) mass is 399 g/mol. The molecule has 3 heterocycles. The van der Waals surface area contributed by atoms with Gasteiger partial charge in [-0.15, -0.1) is 0 Å². The van der Waals surface area contributed by atoms with Gasteiger partial charge >= 0.3 is 0 Å². The summed E-state index contributed by atoms with van der Waals surface area (Å²) in [4.78, 5) is 32.1. The standard InChI is InChI=1S/C23H33N3O3/c27-22(20-4-2-1-3-5-20)26-12-8-21(9-13-26)23(28)25-10-6-19(7-11-25)18-24-14-16-29-17-15-24/h1-5,19,21H,6-18H2. The van der Waals surface area contributed by atoms with Crippen molar-refractivity contribution in [3.05, 3.63) is 35.9 Å². The van der Waals surface area contributed by atoms with E-state index in [9.17, 15) is 9.59 Å². The van der Waals surface area contributed by atoms with Crippen molar-refractivity contribution in [2.24, 2.45) is 11.8 Å². The zero-order chi connectivity index (χ0) is 20.1. The van der Waals surface area contributed by atoms with Gasteiger partial charge in [0, 0.05) is 57.3 Å². The molecular formula is C23H33N3O3. The molecule has 0 radical (unpaired) electrons. The van der Waals surface area contributed by atoms with Gasteiger partial charge in [-0.05, 0) is 43.7 Å². The van der Waals surface area contributed by atoms with Crippen LogP contribution >= 0.6 is 0 Å². The van der Waals surface area contributed by atoms with Crippen LogP contribution in [-0.2, 0) is 9.53 Å². The third-order valence-corrected chi connectivity index (χ3v) is 6.70. The SMILES string of the molecule is O=C(c1ccccc1)N1CCC(C(=O)N2CCC(CN3CCOCC3)CC2)CC1. The highest BCUT2D eigenvalue weighted by atomic mass is 16.5. The van der Waals surface area contributed by atoms with Crippen LogP contribution < -0.4 is 0 Å². The van der Waals surface area contributed by atoms with E-state index in [0.29, 0.717) is 24.9 Å². The molecule has 0 N–H and O–H groups in total. The maximum atomic E-state index is 13.0. The molecule has 0 aromatic heterocycles. The van der Waals surface area contributed by atoms with Crippen LogP contribution in [0.3, 0.4) is 0 Å². The van der Waals surface area contributed by atoms with Gasteiger partial charge in [0.1, 0.15) is 0 Å². The molecule has 6 heteroatoms. The largest absolute Gasteiger partial charge is 0.379 e. The molecule has 3 aliphatic heterocycles. The molecule has 3 fully saturated rings. The second-order valence-corrected chi connectivity index (χ2v) is 8.61. The third-order valence-electron chi connectivity index (χ3n) is 6.70. The van der Waals surface area contributed by atoms with Crippen LogP contribution in [0.1, 0.15) is 36.0 Å². The van der Waals surface area contributed by atoms with E-state index in [2.05, 4.69) is 9.80 Å². The Bertz CT molecular complexity index is 674. The number of carbonyl (C=O) groups is 2. The number of carbonyl (C=O) groups excluding carboxylic acids is 2. The molecule has 0 aliphatic carbocycles. The molecule has 2 amide bonds. The van der Waals surface area contributed by atoms with Crippen LogP contribution in [0, 0.1) is 11.8 Å². The summed E-state index contributed by atoms with van der Waals surface area (Å²) in [6.07, 6.45) is 3.78. The van der Waals surface area contributed by atoms with Crippen LogP contribution in [0.4, 0.5) is 0 Å². The predicted octanol–water partition coefficient (Wildman–Crippen LogP) is 2.11. The second-order valence-electron chi connectivity index (χ2n) is 8.61. The summed E-state index contributed by atoms with van der Waals surface area (Å²) in [5.41, 5.74) is 0.736. The first kappa shape index (κ1) is 20.4. The molecule has 29 heavy (non-hydrogen) atoms. The molecular weight excluding hydrogens is 366 g/mol. The summed E-state index contributed by atoms with van der Waals surface area (Å²) in [6.45, 7) is 8.05. The smallest absolute Gasteiger partial charge is 0.253 e. The lowest BCUT2D eigenvalue weighted by molar-refractivity contribution is -0.138. The van der Waals surface area contributed by atoms with E-state index in [1.54, 1.807) is 0 Å². The molecule has 0 bridgehead atoms. The van der Waals surface area contributed by atoms with Crippen LogP contribution in [0.25, 0.3) is 0 Å². The lowest BCUT2D eigenvalue weighted by atomic mass is 9.91. The number of hydrogen-bond acceptors (Lipinski definition) is 4. The highest BCUT2D eigenvalue weighted by molar-refractivity contribution is 5.94. The Morgan fingerprint density at radius 1 is 0.828 bits per heavy atom. The maximum absolute atomic E-state index is 13.0. The number of piperidine rings is 2. The van der Waals surface area contributed by atoms with E-state index in [4.69, 9.17) is 4.74 Å². The van der Waals surface area contributed by atoms with Crippen LogP contribution in [0.2, 0.25) is 0 Å². The molecule has 6 nitrogen and oxygen atoms in total. The summed E-state index contributed by atoms with van der Waals surface area (Å²) in [6, 6.07) is 9.44. The summed E-state index contributed by atoms with van der Waals surface area (Å²) in [7, 11) is 0. The maximum Gasteiger partial charge on any atom is 0.253 e. The quantitative estimate of drug-likeness (QED) is 0.778. The first-order valence-electron chi connectivity index (χ1n) is 11.1. The highest BCUT2D eigenvalue weighted by Crippen LogP contribution is 2.25. The van der Waals surface area contributed by atoms with Crippen molar-refractivity contribution in [2.75, 3.05) is 59.0 Å². The third kappa shape index (κ3) is 5.17. The van der Waals surface area contributed by atoms with E-state index in [1.807, 2.05) is 35.2 Å². The van der Waals surface area contributed by atoms with Crippen molar-refractivity contribution in [3.8, 4) is 0 Å². The van der Waals surface area contributed by atoms with Gasteiger partial charge in [-0.25, -0.2) is 0 Å². The Balaban J connectivity index is 1.20. The number of likely N-dealkylation sites (tertiary alicyclic amines) is 2. The number of hydrogen-bond donors (Lipinski definition) is 0. The fourth-order valence-electron chi connectivity index (χ4n) is 4.84. The van der Waals surface area contributed by atoms with Gasteiger partial charge in [-0.1, -0.05) is 18.2 Å². The Labute approximate surface area is 173 Å². The van der Waals surface area contributed by atoms with Gasteiger partial charge in [0.25, 0.3) is 5.91 Å². The lowest BCUT2D eigenvalue weighted by Gasteiger charge is -2.39. The van der Waals surface area contributed by atoms with Crippen LogP contribution in [0.15, 0.2) is 30.3 Å². The molecule has 0 spiro atoms. The minimum absolute atomic E-state index is 0.0746. The van der Waals surface area contributed by atoms with Crippen molar-refractivity contribution in [3.63, 3.8) is 0 Å². The van der Waals surface area contributed by atoms with Gasteiger partial charge in [0.05, 0.1) is 13.2 Å². The Morgan fingerprint density at radius 3 is 2.10 bits per heavy atom. The van der Waals surface area contributed by atoms with Crippen LogP contribution in [-0.4, -0.2) is 85.5 Å². The van der Waals surface area contributed by atoms with Crippen molar-refractivity contribution in [1.82, 2.24) is 14.7 Å². The molecule has 0 atom stereocenters. The number of benzene rings is 1. The molecule has 1 aromatic carbocycles. The predicted molar refractivity (Wildman–Crippen MR) is 112 cm³/mol. The van der Waals surface area contributed by atoms with Crippen LogP contribution in [0.5, 0.6) is 0 Å². The van der Waals surface area contributed by atoms with E-state index in [1.165, 1.54) is 0 Å². The summed E-state index contributed by atoms with van der Waals surface area (Å²) < 4.78 is 5.43. The number of rotatable bonds is 4. The molecule has 0 saturated carbocycles. The van der Waals surface area contributed by atoms with E-state index in [0.717, 1.165) is 77.2 Å². The van der Waals surface area contributed by atoms with Crippen molar-refractivity contribution < 1.29 is 14.3 Å². The van der Waals surface area contributed by atoms with E-state index < -0.39 is 0 Å². The van der Waals surface area contributed by atoms with E-state index in [-0.39, 0.29) is 11.8 Å². The number of ether oxygens (including phenoxy) is 1. The van der Waals surface area contributed by atoms with Gasteiger partial charge in [0.15, 0.2) is 0 Å². The average Bonchev–Trinajstić information content (AvgIpc) is 2.80. The normalized spacial score (nSPS) is 22.6. The number of nitrogens with zero attached hydrogens (tertiary/aromatic N) is 3. The van der Waals surface area contributed by atoms with Gasteiger partial charge in [0.2, 0.25) is 5.91 Å². The minimum atomic E-state index is 0.0746. The molecule has 3 saturated heterocycles. The molecule has 158 valence electrons. The van der Waals surface area contributed by atoms with Crippen molar-refractivity contribution >= 4 is 11.8 Å². The Hall–Kier alpha value is -1.92. The minimum Gasteiger partial charge on any atom is -0.379 e. The molecule has 0 unspecified atom stereocenters. The van der Waals surface area contributed by atoms with Gasteiger partial charge in [-0.2, -0.15) is 0 Å². The number of amides is 2. The van der Waals surface area contributed by atoms with Gasteiger partial charge < -0.3 is 14.5 Å². The zero-order valence-corrected chi connectivity index (χ0v) is 17.3. The molecule has 3 aliphatic rings. The first-order chi connectivity index (χ1) is 14.2. The summed E-state index contributed by atoms with van der Waals surface area (Å²) >= 11 is 0. The van der Waals surface area contributed by atoms with E-state index >= 15 is 0 Å². The zero-order valence-electron chi connectivity index (χ0n) is 17.3. The average molecular weight is 400 g/mol. The topological polar surface area (TPSA) is 53.1 Å². The second kappa shape index (κ2) is 9.72. The fourth-order valence-corrected chi connectivity index (χ4v) is 4.84. The molecule has 4 rings (SSSR count). The summed E-state index contributed by atoms with van der Waals surface area (Å²) in [5.74, 6) is 1.16. The lowest BCUT2D eigenvalue weighted by Crippen LogP contribution is -2.48. The first-order valence-corrected chi connectivity index (χ1v) is 11.1. The summed E-state index contributed by atoms with van der Waals surface area (Å²) in [5, 5.41) is 0. The number of morpholine rings is 1. The Kier molecular flexibility index (Phi) is 6.82.